The number of amides is 2. The number of likely N-dealkylation sites (tertiary alicyclic amines) is 1. The van der Waals surface area contributed by atoms with Gasteiger partial charge in [0.1, 0.15) is 0 Å². The number of urea groups is 1. The molecule has 104 valence electrons. The van der Waals surface area contributed by atoms with Gasteiger partial charge in [-0.3, -0.25) is 0 Å². The quantitative estimate of drug-likeness (QED) is 0.875. The summed E-state index contributed by atoms with van der Waals surface area (Å²) in [5, 5.41) is 6.83. The third kappa shape index (κ3) is 3.61. The van der Waals surface area contributed by atoms with Crippen LogP contribution in [0.15, 0.2) is 24.3 Å². The molecule has 1 aromatic carbocycles. The van der Waals surface area contributed by atoms with Gasteiger partial charge < -0.3 is 15.5 Å². The highest BCUT2D eigenvalue weighted by Gasteiger charge is 2.30. The van der Waals surface area contributed by atoms with E-state index in [0.717, 1.165) is 31.6 Å². The fourth-order valence-electron chi connectivity index (χ4n) is 2.22. The maximum atomic E-state index is 12.1. The number of nitrogens with one attached hydrogen (secondary N) is 2. The van der Waals surface area contributed by atoms with Crippen LogP contribution in [-0.4, -0.2) is 36.6 Å². The molecule has 19 heavy (non-hydrogen) atoms. The molecule has 1 heterocycles. The second-order valence-electron chi connectivity index (χ2n) is 5.24. The Kier molecular flexibility index (Phi) is 4.32. The number of halogens is 1. The molecule has 1 fully saturated rings. The molecule has 2 rings (SSSR count). The molecule has 0 aromatic heterocycles. The van der Waals surface area contributed by atoms with Crippen molar-refractivity contribution in [3.05, 3.63) is 29.3 Å². The highest BCUT2D eigenvalue weighted by atomic mass is 35.5. The second kappa shape index (κ2) is 5.80. The van der Waals surface area contributed by atoms with Crippen LogP contribution in [0.2, 0.25) is 5.02 Å². The van der Waals surface area contributed by atoms with E-state index in [-0.39, 0.29) is 11.6 Å². The predicted molar refractivity (Wildman–Crippen MR) is 78.7 cm³/mol. The Morgan fingerprint density at radius 1 is 1.37 bits per heavy atom. The summed E-state index contributed by atoms with van der Waals surface area (Å²) in [7, 11) is 1.97. The number of rotatable bonds is 2. The fraction of sp³-hybridized carbons (Fsp3) is 0.500. The molecule has 1 saturated heterocycles. The van der Waals surface area contributed by atoms with Crippen LogP contribution in [-0.2, 0) is 0 Å². The molecule has 1 aliphatic rings. The molecular weight excluding hydrogens is 262 g/mol. The minimum atomic E-state index is -0.0552. The summed E-state index contributed by atoms with van der Waals surface area (Å²) >= 11 is 5.90. The van der Waals surface area contributed by atoms with Crippen LogP contribution in [0.5, 0.6) is 0 Å². The van der Waals surface area contributed by atoms with Crippen LogP contribution in [0.4, 0.5) is 10.5 Å². The largest absolute Gasteiger partial charge is 0.324 e. The van der Waals surface area contributed by atoms with E-state index in [1.165, 1.54) is 0 Å². The van der Waals surface area contributed by atoms with Crippen LogP contribution in [0.25, 0.3) is 0 Å². The maximum Gasteiger partial charge on any atom is 0.321 e. The van der Waals surface area contributed by atoms with Crippen LogP contribution < -0.4 is 10.6 Å². The van der Waals surface area contributed by atoms with E-state index < -0.39 is 0 Å². The maximum absolute atomic E-state index is 12.1. The molecule has 5 heteroatoms. The van der Waals surface area contributed by atoms with Gasteiger partial charge in [0.05, 0.1) is 0 Å². The molecule has 0 atom stereocenters. The molecule has 0 saturated carbocycles. The molecule has 0 spiro atoms. The molecule has 4 nitrogen and oxygen atoms in total. The number of anilines is 1. The Hall–Kier alpha value is -1.26. The van der Waals surface area contributed by atoms with Gasteiger partial charge >= 0.3 is 6.03 Å². The zero-order valence-corrected chi connectivity index (χ0v) is 12.1. The van der Waals surface area contributed by atoms with Crippen molar-refractivity contribution in [3.63, 3.8) is 0 Å². The molecule has 0 aliphatic carbocycles. The van der Waals surface area contributed by atoms with E-state index in [1.54, 1.807) is 12.1 Å². The van der Waals surface area contributed by atoms with Gasteiger partial charge in [-0.25, -0.2) is 4.79 Å². The molecule has 1 aromatic rings. The Balaban J connectivity index is 1.92. The first kappa shape index (κ1) is 14.2. The summed E-state index contributed by atoms with van der Waals surface area (Å²) < 4.78 is 0. The average molecular weight is 282 g/mol. The number of carbonyl (C=O) groups is 1. The monoisotopic (exact) mass is 281 g/mol. The summed E-state index contributed by atoms with van der Waals surface area (Å²) in [5.74, 6) is 0. The first-order valence-electron chi connectivity index (χ1n) is 6.53. The van der Waals surface area contributed by atoms with Gasteiger partial charge in [0.25, 0.3) is 0 Å². The van der Waals surface area contributed by atoms with Crippen LogP contribution in [0.3, 0.4) is 0 Å². The van der Waals surface area contributed by atoms with Crippen molar-refractivity contribution < 1.29 is 4.79 Å². The van der Waals surface area contributed by atoms with E-state index >= 15 is 0 Å². The van der Waals surface area contributed by atoms with Gasteiger partial charge in [0.2, 0.25) is 0 Å². The van der Waals surface area contributed by atoms with Crippen molar-refractivity contribution in [2.45, 2.75) is 25.3 Å². The van der Waals surface area contributed by atoms with Gasteiger partial charge in [-0.2, -0.15) is 0 Å². The topological polar surface area (TPSA) is 44.4 Å². The number of benzene rings is 1. The molecular formula is C14H20ClN3O. The van der Waals surface area contributed by atoms with E-state index in [0.29, 0.717) is 5.02 Å². The smallest absolute Gasteiger partial charge is 0.321 e. The van der Waals surface area contributed by atoms with Gasteiger partial charge in [0.15, 0.2) is 0 Å². The third-order valence-electron chi connectivity index (χ3n) is 3.83. The first-order chi connectivity index (χ1) is 9.02. The van der Waals surface area contributed by atoms with Crippen molar-refractivity contribution in [1.82, 2.24) is 10.2 Å². The van der Waals surface area contributed by atoms with Gasteiger partial charge in [-0.05, 0) is 45.0 Å². The normalized spacial score (nSPS) is 18.2. The minimum absolute atomic E-state index is 0.0552. The van der Waals surface area contributed by atoms with E-state index in [9.17, 15) is 4.79 Å². The molecule has 0 unspecified atom stereocenters. The van der Waals surface area contributed by atoms with Gasteiger partial charge in [0, 0.05) is 29.3 Å². The van der Waals surface area contributed by atoms with Crippen LogP contribution in [0.1, 0.15) is 19.8 Å². The number of piperidine rings is 1. The summed E-state index contributed by atoms with van der Waals surface area (Å²) in [6, 6.07) is 7.15. The predicted octanol–water partition coefficient (Wildman–Crippen LogP) is 2.95. The number of hydrogen-bond donors (Lipinski definition) is 2. The SMILES string of the molecule is CNC1(C)CCN(C(=O)Nc2cccc(Cl)c2)CC1. The summed E-state index contributed by atoms with van der Waals surface area (Å²) in [6.45, 7) is 3.73. The van der Waals surface area contributed by atoms with Crippen molar-refractivity contribution >= 4 is 23.3 Å². The van der Waals surface area contributed by atoms with Crippen molar-refractivity contribution in [2.24, 2.45) is 0 Å². The Morgan fingerprint density at radius 2 is 2.05 bits per heavy atom. The molecule has 0 radical (unpaired) electrons. The lowest BCUT2D eigenvalue weighted by Gasteiger charge is -2.39. The second-order valence-corrected chi connectivity index (χ2v) is 5.67. The third-order valence-corrected chi connectivity index (χ3v) is 4.07. The van der Waals surface area contributed by atoms with E-state index in [2.05, 4.69) is 17.6 Å². The molecule has 2 amide bonds. The first-order valence-corrected chi connectivity index (χ1v) is 6.91. The lowest BCUT2D eigenvalue weighted by molar-refractivity contribution is 0.163. The zero-order valence-electron chi connectivity index (χ0n) is 11.4. The summed E-state index contributed by atoms with van der Waals surface area (Å²) in [6.07, 6.45) is 1.93. The standard InChI is InChI=1S/C14H20ClN3O/c1-14(16-2)6-8-18(9-7-14)13(19)17-12-5-3-4-11(15)10-12/h3-5,10,16H,6-9H2,1-2H3,(H,17,19). The highest BCUT2D eigenvalue weighted by molar-refractivity contribution is 6.30. The fourth-order valence-corrected chi connectivity index (χ4v) is 2.41. The van der Waals surface area contributed by atoms with Crippen LogP contribution >= 0.6 is 11.6 Å². The highest BCUT2D eigenvalue weighted by Crippen LogP contribution is 2.22. The Morgan fingerprint density at radius 3 is 2.63 bits per heavy atom. The minimum Gasteiger partial charge on any atom is -0.324 e. The van der Waals surface area contributed by atoms with Gasteiger partial charge in [-0.1, -0.05) is 17.7 Å². The number of hydrogen-bond acceptors (Lipinski definition) is 2. The van der Waals surface area contributed by atoms with Crippen LogP contribution in [0, 0.1) is 0 Å². The molecule has 1 aliphatic heterocycles. The zero-order chi connectivity index (χ0) is 13.9. The van der Waals surface area contributed by atoms with Crippen molar-refractivity contribution in [1.29, 1.82) is 0 Å². The van der Waals surface area contributed by atoms with Crippen molar-refractivity contribution in [3.8, 4) is 0 Å². The molecule has 0 bridgehead atoms. The molecule has 2 N–H and O–H groups in total. The lowest BCUT2D eigenvalue weighted by Crippen LogP contribution is -2.52. The van der Waals surface area contributed by atoms with E-state index in [1.807, 2.05) is 24.1 Å². The Bertz CT molecular complexity index is 456. The number of carbonyl (C=O) groups excluding carboxylic acids is 1. The lowest BCUT2D eigenvalue weighted by atomic mass is 9.90. The Labute approximate surface area is 119 Å². The average Bonchev–Trinajstić information content (AvgIpc) is 2.39. The summed E-state index contributed by atoms with van der Waals surface area (Å²) in [4.78, 5) is 14.0. The van der Waals surface area contributed by atoms with E-state index in [4.69, 9.17) is 11.6 Å². The van der Waals surface area contributed by atoms with Gasteiger partial charge in [-0.15, -0.1) is 0 Å². The van der Waals surface area contributed by atoms with Crippen molar-refractivity contribution in [2.75, 3.05) is 25.5 Å². The number of nitrogens with zero attached hydrogens (tertiary/aromatic N) is 1. The summed E-state index contributed by atoms with van der Waals surface area (Å²) in [5.41, 5.74) is 0.881.